The Labute approximate surface area is 504 Å². The van der Waals surface area contributed by atoms with Gasteiger partial charge in [-0.2, -0.15) is 0 Å². The van der Waals surface area contributed by atoms with Crippen LogP contribution in [0, 0.1) is 0 Å². The fourth-order valence-corrected chi connectivity index (χ4v) is 10.6. The largest absolute Gasteiger partial charge is 0.462 e. The lowest BCUT2D eigenvalue weighted by Gasteiger charge is -2.18. The van der Waals surface area contributed by atoms with Gasteiger partial charge in [-0.3, -0.25) is 14.4 Å². The molecule has 0 saturated heterocycles. The van der Waals surface area contributed by atoms with E-state index in [0.717, 1.165) is 83.5 Å². The third kappa shape index (κ3) is 67.8. The van der Waals surface area contributed by atoms with E-state index in [2.05, 4.69) is 81.5 Å². The van der Waals surface area contributed by atoms with E-state index in [-0.39, 0.29) is 31.1 Å². The van der Waals surface area contributed by atoms with Crippen molar-refractivity contribution in [2.75, 3.05) is 13.2 Å². The summed E-state index contributed by atoms with van der Waals surface area (Å²) < 4.78 is 17.0. The summed E-state index contributed by atoms with van der Waals surface area (Å²) in [6.45, 7) is 6.66. The van der Waals surface area contributed by atoms with Gasteiger partial charge in [0.2, 0.25) is 0 Å². The van der Waals surface area contributed by atoms with Crippen LogP contribution in [-0.4, -0.2) is 37.2 Å². The molecular formula is C75H136O6. The Morgan fingerprint density at radius 3 is 0.716 bits per heavy atom. The fraction of sp³-hybridized carbons (Fsp3) is 0.827. The average Bonchev–Trinajstić information content (AvgIpc) is 3.47. The Kier molecular flexibility index (Phi) is 67.1. The summed E-state index contributed by atoms with van der Waals surface area (Å²) in [5.41, 5.74) is 0. The minimum Gasteiger partial charge on any atom is -0.462 e. The minimum atomic E-state index is -0.783. The molecule has 0 radical (unpaired) electrons. The SMILES string of the molecule is CCCCC/C=C\C/C=C\C/C=C\CCCCCCCCC(=O)OCC(COC(=O)CCCCCCCCCCCCCCCCCCCCCCCCC)OC(=O)CCCCCCCCCCC/C=C\C/C=C\CCCCCCC. The third-order valence-electron chi connectivity index (χ3n) is 16.0. The van der Waals surface area contributed by atoms with Gasteiger partial charge in [0.25, 0.3) is 0 Å². The number of allylic oxidation sites excluding steroid dienone is 10. The van der Waals surface area contributed by atoms with Crippen LogP contribution in [0.2, 0.25) is 0 Å². The molecule has 0 N–H and O–H groups in total. The van der Waals surface area contributed by atoms with Gasteiger partial charge in [-0.05, 0) is 89.9 Å². The molecule has 0 aromatic heterocycles. The molecule has 6 nitrogen and oxygen atoms in total. The second kappa shape index (κ2) is 69.6. The van der Waals surface area contributed by atoms with E-state index >= 15 is 0 Å². The van der Waals surface area contributed by atoms with Gasteiger partial charge in [0.05, 0.1) is 0 Å². The van der Waals surface area contributed by atoms with E-state index in [0.29, 0.717) is 19.3 Å². The number of ether oxygens (including phenoxy) is 3. The van der Waals surface area contributed by atoms with Crippen LogP contribution < -0.4 is 0 Å². The summed E-state index contributed by atoms with van der Waals surface area (Å²) in [5.74, 6) is -0.869. The second-order valence-corrected chi connectivity index (χ2v) is 24.1. The maximum atomic E-state index is 13.0. The first kappa shape index (κ1) is 78.1. The molecule has 0 aliphatic heterocycles. The highest BCUT2D eigenvalue weighted by atomic mass is 16.6. The van der Waals surface area contributed by atoms with Crippen molar-refractivity contribution in [2.24, 2.45) is 0 Å². The Morgan fingerprint density at radius 2 is 0.444 bits per heavy atom. The normalized spacial score (nSPS) is 12.4. The van der Waals surface area contributed by atoms with E-state index in [1.807, 2.05) is 0 Å². The molecule has 0 aliphatic carbocycles. The first-order chi connectivity index (χ1) is 40.0. The van der Waals surface area contributed by atoms with Crippen LogP contribution in [0.1, 0.15) is 380 Å². The monoisotopic (exact) mass is 1130 g/mol. The summed E-state index contributed by atoms with van der Waals surface area (Å²) in [6, 6.07) is 0. The quantitative estimate of drug-likeness (QED) is 0.0261. The number of hydrogen-bond donors (Lipinski definition) is 0. The van der Waals surface area contributed by atoms with Crippen molar-refractivity contribution in [1.82, 2.24) is 0 Å². The van der Waals surface area contributed by atoms with Crippen molar-refractivity contribution in [1.29, 1.82) is 0 Å². The van der Waals surface area contributed by atoms with Crippen LogP contribution in [-0.2, 0) is 28.6 Å². The van der Waals surface area contributed by atoms with Crippen molar-refractivity contribution in [3.05, 3.63) is 60.8 Å². The van der Waals surface area contributed by atoms with Crippen molar-refractivity contribution < 1.29 is 28.6 Å². The maximum absolute atomic E-state index is 13.0. The Bertz CT molecular complexity index is 1440. The smallest absolute Gasteiger partial charge is 0.306 e. The van der Waals surface area contributed by atoms with Crippen molar-refractivity contribution >= 4 is 17.9 Å². The number of carbonyl (C=O) groups excluding carboxylic acids is 3. The molecule has 0 aromatic carbocycles. The van der Waals surface area contributed by atoms with E-state index in [9.17, 15) is 14.4 Å². The first-order valence-corrected chi connectivity index (χ1v) is 35.8. The molecular weight excluding hydrogens is 997 g/mol. The highest BCUT2D eigenvalue weighted by molar-refractivity contribution is 5.71. The van der Waals surface area contributed by atoms with Crippen LogP contribution in [0.15, 0.2) is 60.8 Å². The summed E-state index contributed by atoms with van der Waals surface area (Å²) in [5, 5.41) is 0. The molecule has 6 heteroatoms. The van der Waals surface area contributed by atoms with Crippen molar-refractivity contribution in [3.8, 4) is 0 Å². The zero-order valence-electron chi connectivity index (χ0n) is 54.3. The van der Waals surface area contributed by atoms with Gasteiger partial charge in [-0.15, -0.1) is 0 Å². The number of unbranched alkanes of at least 4 members (excludes halogenated alkanes) is 45. The number of carbonyl (C=O) groups is 3. The van der Waals surface area contributed by atoms with E-state index < -0.39 is 6.10 Å². The maximum Gasteiger partial charge on any atom is 0.306 e. The zero-order chi connectivity index (χ0) is 58.5. The van der Waals surface area contributed by atoms with Gasteiger partial charge in [0.1, 0.15) is 13.2 Å². The number of hydrogen-bond acceptors (Lipinski definition) is 6. The number of rotatable bonds is 66. The van der Waals surface area contributed by atoms with Gasteiger partial charge >= 0.3 is 17.9 Å². The van der Waals surface area contributed by atoms with Gasteiger partial charge in [0.15, 0.2) is 6.10 Å². The van der Waals surface area contributed by atoms with E-state index in [4.69, 9.17) is 14.2 Å². The van der Waals surface area contributed by atoms with E-state index in [1.54, 1.807) is 0 Å². The fourth-order valence-electron chi connectivity index (χ4n) is 10.6. The molecule has 0 bridgehead atoms. The van der Waals surface area contributed by atoms with Crippen molar-refractivity contribution in [2.45, 2.75) is 386 Å². The van der Waals surface area contributed by atoms with Crippen LogP contribution >= 0.6 is 0 Å². The van der Waals surface area contributed by atoms with Gasteiger partial charge in [0, 0.05) is 19.3 Å². The van der Waals surface area contributed by atoms with Crippen LogP contribution in [0.3, 0.4) is 0 Å². The zero-order valence-corrected chi connectivity index (χ0v) is 54.3. The molecule has 0 aromatic rings. The highest BCUT2D eigenvalue weighted by Crippen LogP contribution is 2.18. The predicted molar refractivity (Wildman–Crippen MR) is 353 cm³/mol. The number of esters is 3. The Balaban J connectivity index is 4.35. The lowest BCUT2D eigenvalue weighted by molar-refractivity contribution is -0.167. The van der Waals surface area contributed by atoms with E-state index in [1.165, 1.54) is 257 Å². The minimum absolute atomic E-state index is 0.0765. The third-order valence-corrected chi connectivity index (χ3v) is 16.0. The molecule has 81 heavy (non-hydrogen) atoms. The average molecular weight is 1130 g/mol. The first-order valence-electron chi connectivity index (χ1n) is 35.8. The Morgan fingerprint density at radius 1 is 0.247 bits per heavy atom. The Hall–Kier alpha value is -2.89. The molecule has 0 spiro atoms. The molecule has 0 heterocycles. The summed E-state index contributed by atoms with van der Waals surface area (Å²) in [7, 11) is 0. The summed E-state index contributed by atoms with van der Waals surface area (Å²) in [4.78, 5) is 38.5. The van der Waals surface area contributed by atoms with Crippen LogP contribution in [0.5, 0.6) is 0 Å². The lowest BCUT2D eigenvalue weighted by atomic mass is 10.0. The van der Waals surface area contributed by atoms with Crippen LogP contribution in [0.4, 0.5) is 0 Å². The lowest BCUT2D eigenvalue weighted by Crippen LogP contribution is -2.30. The summed E-state index contributed by atoms with van der Waals surface area (Å²) >= 11 is 0. The molecule has 0 aliphatic rings. The highest BCUT2D eigenvalue weighted by Gasteiger charge is 2.19. The molecule has 0 rings (SSSR count). The van der Waals surface area contributed by atoms with Gasteiger partial charge in [-0.25, -0.2) is 0 Å². The molecule has 0 amide bonds. The molecule has 472 valence electrons. The second-order valence-electron chi connectivity index (χ2n) is 24.1. The molecule has 1 atom stereocenters. The van der Waals surface area contributed by atoms with Crippen molar-refractivity contribution in [3.63, 3.8) is 0 Å². The predicted octanol–water partition coefficient (Wildman–Crippen LogP) is 24.7. The van der Waals surface area contributed by atoms with Gasteiger partial charge < -0.3 is 14.2 Å². The topological polar surface area (TPSA) is 78.9 Å². The van der Waals surface area contributed by atoms with Crippen LogP contribution in [0.25, 0.3) is 0 Å². The molecule has 1 unspecified atom stereocenters. The molecule has 0 fully saturated rings. The standard InChI is InChI=1S/C75H136O6/c1-4-7-10-13-16-19-22-25-28-31-34-36-37-39-41-44-47-50-53-56-59-62-65-68-74(77)80-71-72(70-79-73(76)67-64-61-58-55-52-49-46-43-40-33-30-27-24-21-18-15-12-9-6-3)81-75(78)69-66-63-60-57-54-51-48-45-42-38-35-32-29-26-23-20-17-14-11-8-5-2/h18,21,23,26-27,30,32,35,40,43,72H,4-17,19-20,22,24-25,28-29,31,33-34,36-39,41-42,44-71H2,1-3H3/b21-18-,26-23-,30-27-,35-32-,43-40-. The molecule has 0 saturated carbocycles. The van der Waals surface area contributed by atoms with Gasteiger partial charge in [-0.1, -0.05) is 332 Å². The summed E-state index contributed by atoms with van der Waals surface area (Å²) in [6.07, 6.45) is 89.5.